The first-order valence-corrected chi connectivity index (χ1v) is 11.0. The summed E-state index contributed by atoms with van der Waals surface area (Å²) >= 11 is 1.57. The van der Waals surface area contributed by atoms with E-state index in [0.717, 1.165) is 26.6 Å². The second-order valence-corrected chi connectivity index (χ2v) is 8.15. The van der Waals surface area contributed by atoms with Crippen LogP contribution in [-0.2, 0) is 9.53 Å². The van der Waals surface area contributed by atoms with Gasteiger partial charge in [0.1, 0.15) is 23.2 Å². The Kier molecular flexibility index (Phi) is 5.43. The van der Waals surface area contributed by atoms with Crippen LogP contribution in [0.4, 0.5) is 0 Å². The Morgan fingerprint density at radius 2 is 2.12 bits per heavy atom. The zero-order valence-corrected chi connectivity index (χ0v) is 17.9. The van der Waals surface area contributed by atoms with E-state index in [0.29, 0.717) is 24.7 Å². The molecule has 32 heavy (non-hydrogen) atoms. The first-order valence-electron chi connectivity index (χ1n) is 10.1. The molecule has 0 saturated heterocycles. The first-order chi connectivity index (χ1) is 15.7. The molecule has 4 heterocycles. The number of rotatable bonds is 1. The fourth-order valence-electron chi connectivity index (χ4n) is 3.71. The summed E-state index contributed by atoms with van der Waals surface area (Å²) in [4.78, 5) is 23.4. The van der Waals surface area contributed by atoms with Gasteiger partial charge >= 0.3 is 0 Å². The van der Waals surface area contributed by atoms with Crippen LogP contribution in [0.1, 0.15) is 5.56 Å². The van der Waals surface area contributed by atoms with Crippen molar-refractivity contribution in [3.05, 3.63) is 77.6 Å². The second-order valence-electron chi connectivity index (χ2n) is 7.26. The molecule has 0 spiro atoms. The zero-order chi connectivity index (χ0) is 21.9. The van der Waals surface area contributed by atoms with E-state index in [9.17, 15) is 4.79 Å². The number of nitrogens with two attached hydrogens (primary N) is 1. The van der Waals surface area contributed by atoms with Crippen LogP contribution in [0.15, 0.2) is 77.0 Å². The van der Waals surface area contributed by atoms with Crippen LogP contribution in [0.5, 0.6) is 5.88 Å². The number of nitrogens with zero attached hydrogens (tertiary/aromatic N) is 3. The molecule has 0 saturated carbocycles. The number of pyridine rings is 1. The predicted molar refractivity (Wildman–Crippen MR) is 127 cm³/mol. The van der Waals surface area contributed by atoms with Gasteiger partial charge in [-0.1, -0.05) is 30.4 Å². The molecular weight excluding hydrogens is 424 g/mol. The lowest BCUT2D eigenvalue weighted by molar-refractivity contribution is -0.115. The van der Waals surface area contributed by atoms with E-state index in [-0.39, 0.29) is 0 Å². The summed E-state index contributed by atoms with van der Waals surface area (Å²) in [5.74, 6) is 0.000127. The van der Waals surface area contributed by atoms with Gasteiger partial charge in [-0.2, -0.15) is 0 Å². The average Bonchev–Trinajstić information content (AvgIpc) is 3.41. The number of amides is 1. The molecule has 7 nitrogen and oxygen atoms in total. The van der Waals surface area contributed by atoms with Gasteiger partial charge in [-0.05, 0) is 40.6 Å². The minimum Gasteiger partial charge on any atom is -0.479 e. The molecule has 3 aromatic rings. The van der Waals surface area contributed by atoms with E-state index in [1.807, 2.05) is 29.7 Å². The highest BCUT2D eigenvalue weighted by Gasteiger charge is 2.27. The summed E-state index contributed by atoms with van der Waals surface area (Å²) < 4.78 is 11.6. The van der Waals surface area contributed by atoms with Crippen molar-refractivity contribution in [2.45, 2.75) is 6.10 Å². The van der Waals surface area contributed by atoms with E-state index < -0.39 is 12.0 Å². The van der Waals surface area contributed by atoms with Crippen molar-refractivity contribution >= 4 is 50.7 Å². The van der Waals surface area contributed by atoms with Crippen molar-refractivity contribution in [3.8, 4) is 5.88 Å². The third-order valence-corrected chi connectivity index (χ3v) is 5.96. The highest BCUT2D eigenvalue weighted by molar-refractivity contribution is 7.16. The lowest BCUT2D eigenvalue weighted by atomic mass is 10.1. The van der Waals surface area contributed by atoms with Crippen molar-refractivity contribution in [2.75, 3.05) is 13.2 Å². The third kappa shape index (κ3) is 4.00. The molecule has 0 aliphatic carbocycles. The van der Waals surface area contributed by atoms with Gasteiger partial charge in [-0.3, -0.25) is 4.79 Å². The molecule has 2 N–H and O–H groups in total. The van der Waals surface area contributed by atoms with Gasteiger partial charge in [0, 0.05) is 23.2 Å². The molecule has 0 fully saturated rings. The van der Waals surface area contributed by atoms with Gasteiger partial charge in [0.25, 0.3) is 5.91 Å². The molecule has 2 aromatic heterocycles. The summed E-state index contributed by atoms with van der Waals surface area (Å²) in [6.45, 7) is 0.814. The molecule has 2 aliphatic rings. The van der Waals surface area contributed by atoms with Crippen molar-refractivity contribution in [1.82, 2.24) is 9.88 Å². The molecule has 8 heteroatoms. The van der Waals surface area contributed by atoms with Gasteiger partial charge < -0.3 is 20.1 Å². The van der Waals surface area contributed by atoms with Crippen molar-refractivity contribution < 1.29 is 14.3 Å². The molecule has 1 atom stereocenters. The number of aliphatic imine (C=N–C) groups is 1. The third-order valence-electron chi connectivity index (χ3n) is 5.15. The maximum Gasteiger partial charge on any atom is 0.265 e. The van der Waals surface area contributed by atoms with E-state index in [4.69, 9.17) is 20.2 Å². The molecular formula is C24H20N4O3S. The van der Waals surface area contributed by atoms with Crippen LogP contribution in [0.2, 0.25) is 0 Å². The van der Waals surface area contributed by atoms with Gasteiger partial charge in [-0.15, -0.1) is 11.3 Å². The van der Waals surface area contributed by atoms with Crippen LogP contribution in [0.25, 0.3) is 27.1 Å². The van der Waals surface area contributed by atoms with Crippen LogP contribution < -0.4 is 10.5 Å². The number of fused-ring (bicyclic) bond motifs is 5. The van der Waals surface area contributed by atoms with E-state index in [2.05, 4.69) is 29.3 Å². The molecule has 1 unspecified atom stereocenters. The summed E-state index contributed by atoms with van der Waals surface area (Å²) in [5, 5.41) is 5.11. The number of primary amides is 1. The van der Waals surface area contributed by atoms with Crippen LogP contribution in [0, 0.1) is 0 Å². The highest BCUT2D eigenvalue weighted by Crippen LogP contribution is 2.35. The molecule has 2 aliphatic heterocycles. The Balaban J connectivity index is 1.61. The Labute approximate surface area is 188 Å². The number of carbonyl (C=O) groups excluding carboxylic acids is 1. The Morgan fingerprint density at radius 1 is 1.19 bits per heavy atom. The lowest BCUT2D eigenvalue weighted by Crippen LogP contribution is -2.27. The number of carbonyl (C=O) groups is 1. The van der Waals surface area contributed by atoms with Crippen molar-refractivity contribution in [3.63, 3.8) is 0 Å². The number of ether oxygens (including phenoxy) is 2. The van der Waals surface area contributed by atoms with Crippen LogP contribution in [0.3, 0.4) is 0 Å². The minimum absolute atomic E-state index is 0.355. The maximum absolute atomic E-state index is 12.0. The SMILES string of the molecule is NC(=O)C1=CC2CN1/C=C\N=C/OC/C=C\C=C/c1ccc3c(c1)c(nc1sccc13)O2. The summed E-state index contributed by atoms with van der Waals surface area (Å²) in [7, 11) is 0. The summed E-state index contributed by atoms with van der Waals surface area (Å²) in [5.41, 5.74) is 6.96. The molecule has 1 aromatic carbocycles. The summed E-state index contributed by atoms with van der Waals surface area (Å²) in [6, 6.07) is 8.30. The van der Waals surface area contributed by atoms with Gasteiger partial charge in [0.15, 0.2) is 6.40 Å². The van der Waals surface area contributed by atoms with Crippen molar-refractivity contribution in [2.24, 2.45) is 10.7 Å². The number of hydrogen-bond acceptors (Lipinski definition) is 7. The molecule has 160 valence electrons. The molecule has 0 radical (unpaired) electrons. The second kappa shape index (κ2) is 8.68. The molecule has 5 rings (SSSR count). The number of aromatic nitrogens is 1. The number of thiophene rings is 1. The van der Waals surface area contributed by atoms with E-state index >= 15 is 0 Å². The predicted octanol–water partition coefficient (Wildman–Crippen LogP) is 3.98. The highest BCUT2D eigenvalue weighted by atomic mass is 32.1. The van der Waals surface area contributed by atoms with Crippen molar-refractivity contribution in [1.29, 1.82) is 0 Å². The zero-order valence-electron chi connectivity index (χ0n) is 17.0. The fraction of sp³-hybridized carbons (Fsp3) is 0.125. The van der Waals surface area contributed by atoms with Gasteiger partial charge in [0.05, 0.1) is 6.54 Å². The largest absolute Gasteiger partial charge is 0.479 e. The van der Waals surface area contributed by atoms with E-state index in [1.54, 1.807) is 34.7 Å². The quantitative estimate of drug-likeness (QED) is 0.613. The van der Waals surface area contributed by atoms with Crippen LogP contribution in [-0.4, -0.2) is 41.4 Å². The molecule has 1 amide bonds. The van der Waals surface area contributed by atoms with E-state index in [1.165, 1.54) is 6.40 Å². The average molecular weight is 445 g/mol. The Bertz CT molecular complexity index is 1340. The summed E-state index contributed by atoms with van der Waals surface area (Å²) in [6.07, 6.45) is 13.7. The smallest absolute Gasteiger partial charge is 0.265 e. The number of hydrogen-bond donors (Lipinski definition) is 1. The van der Waals surface area contributed by atoms with Gasteiger partial charge in [-0.25, -0.2) is 9.98 Å². The standard InChI is InChI=1S/C24H20N4O3S/c25-22(29)21-13-17-14-28(21)9-8-26-15-30-10-3-1-2-4-16-5-6-18-19-7-11-32-24(19)27-23(31-17)20(18)12-16/h1-9,11-13,15,17H,10,14H2,(H2,25,29)/b3-1-,4-2-,9-8-,26-15-. The Hall–Kier alpha value is -3.91. The van der Waals surface area contributed by atoms with Gasteiger partial charge in [0.2, 0.25) is 5.88 Å². The maximum atomic E-state index is 12.0. The monoisotopic (exact) mass is 444 g/mol. The normalized spacial score (nSPS) is 22.4. The minimum atomic E-state index is -0.532. The number of allylic oxidation sites excluding steroid dienone is 2. The lowest BCUT2D eigenvalue weighted by Gasteiger charge is -2.17. The molecule has 4 bridgehead atoms. The topological polar surface area (TPSA) is 90.0 Å². The first kappa shape index (κ1) is 20.0. The fourth-order valence-corrected chi connectivity index (χ4v) is 4.48. The van der Waals surface area contributed by atoms with Crippen LogP contribution >= 0.6 is 11.3 Å². The number of benzene rings is 1. The Morgan fingerprint density at radius 3 is 3.03 bits per heavy atom.